The highest BCUT2D eigenvalue weighted by molar-refractivity contribution is 5.76. The molecule has 4 nitrogen and oxygen atoms in total. The molecular formula is C13H24N2O2. The van der Waals surface area contributed by atoms with Crippen molar-refractivity contribution >= 4 is 5.91 Å². The summed E-state index contributed by atoms with van der Waals surface area (Å²) in [5.41, 5.74) is -0.641. The van der Waals surface area contributed by atoms with E-state index in [1.54, 1.807) is 0 Å². The SMILES string of the molecule is O=C(CCNC1CC1)NCC1(O)CCCCC1. The maximum absolute atomic E-state index is 11.6. The monoisotopic (exact) mass is 240 g/mol. The van der Waals surface area contributed by atoms with Crippen LogP contribution in [0.5, 0.6) is 0 Å². The highest BCUT2D eigenvalue weighted by Gasteiger charge is 2.29. The third-order valence-electron chi connectivity index (χ3n) is 3.76. The molecule has 0 aromatic rings. The van der Waals surface area contributed by atoms with E-state index >= 15 is 0 Å². The molecule has 0 spiro atoms. The van der Waals surface area contributed by atoms with E-state index in [0.717, 1.165) is 32.2 Å². The zero-order valence-electron chi connectivity index (χ0n) is 10.5. The Kier molecular flexibility index (Phi) is 4.40. The van der Waals surface area contributed by atoms with Gasteiger partial charge in [0.1, 0.15) is 0 Å². The fraction of sp³-hybridized carbons (Fsp3) is 0.923. The van der Waals surface area contributed by atoms with Crippen LogP contribution in [0.2, 0.25) is 0 Å². The van der Waals surface area contributed by atoms with Gasteiger partial charge in [-0.05, 0) is 25.7 Å². The molecule has 4 heteroatoms. The van der Waals surface area contributed by atoms with Gasteiger partial charge < -0.3 is 15.7 Å². The molecule has 2 aliphatic carbocycles. The summed E-state index contributed by atoms with van der Waals surface area (Å²) in [5, 5.41) is 16.4. The molecule has 98 valence electrons. The number of amides is 1. The Labute approximate surface area is 103 Å². The van der Waals surface area contributed by atoms with Crippen molar-refractivity contribution in [2.75, 3.05) is 13.1 Å². The molecule has 0 bridgehead atoms. The predicted octanol–water partition coefficient (Wildman–Crippen LogP) is 0.940. The number of rotatable bonds is 6. The van der Waals surface area contributed by atoms with E-state index in [4.69, 9.17) is 0 Å². The summed E-state index contributed by atoms with van der Waals surface area (Å²) in [6.45, 7) is 1.18. The zero-order chi connectivity index (χ0) is 12.1. The molecular weight excluding hydrogens is 216 g/mol. The Balaban J connectivity index is 1.57. The fourth-order valence-electron chi connectivity index (χ4n) is 2.42. The van der Waals surface area contributed by atoms with Crippen LogP contribution < -0.4 is 10.6 Å². The number of carbonyl (C=O) groups excluding carboxylic acids is 1. The molecule has 2 fully saturated rings. The van der Waals surface area contributed by atoms with Gasteiger partial charge in [-0.3, -0.25) is 4.79 Å². The van der Waals surface area contributed by atoms with Crippen molar-refractivity contribution in [3.05, 3.63) is 0 Å². The number of aliphatic hydroxyl groups is 1. The minimum Gasteiger partial charge on any atom is -0.388 e. The number of hydrogen-bond donors (Lipinski definition) is 3. The van der Waals surface area contributed by atoms with Crippen molar-refractivity contribution in [3.8, 4) is 0 Å². The maximum Gasteiger partial charge on any atom is 0.221 e. The van der Waals surface area contributed by atoms with Gasteiger partial charge in [-0.2, -0.15) is 0 Å². The molecule has 3 N–H and O–H groups in total. The molecule has 1 amide bonds. The average Bonchev–Trinajstić information content (AvgIpc) is 3.12. The van der Waals surface area contributed by atoms with Crippen LogP contribution in [0.4, 0.5) is 0 Å². The molecule has 2 rings (SSSR count). The first-order chi connectivity index (χ1) is 8.18. The van der Waals surface area contributed by atoms with Crippen LogP contribution in [0.15, 0.2) is 0 Å². The van der Waals surface area contributed by atoms with Gasteiger partial charge in [-0.25, -0.2) is 0 Å². The van der Waals surface area contributed by atoms with Crippen LogP contribution in [0.25, 0.3) is 0 Å². The molecule has 2 saturated carbocycles. The third kappa shape index (κ3) is 4.64. The van der Waals surface area contributed by atoms with E-state index in [9.17, 15) is 9.90 Å². The molecule has 17 heavy (non-hydrogen) atoms. The first kappa shape index (κ1) is 12.8. The standard InChI is InChI=1S/C13H24N2O2/c16-12(6-9-14-11-4-5-11)15-10-13(17)7-2-1-3-8-13/h11,14,17H,1-10H2,(H,15,16). The lowest BCUT2D eigenvalue weighted by molar-refractivity contribution is -0.122. The number of nitrogens with one attached hydrogen (secondary N) is 2. The predicted molar refractivity (Wildman–Crippen MR) is 66.7 cm³/mol. The van der Waals surface area contributed by atoms with E-state index in [2.05, 4.69) is 10.6 Å². The molecule has 0 aromatic heterocycles. The van der Waals surface area contributed by atoms with Gasteiger partial charge in [0.15, 0.2) is 0 Å². The van der Waals surface area contributed by atoms with E-state index in [0.29, 0.717) is 19.0 Å². The summed E-state index contributed by atoms with van der Waals surface area (Å²) in [5.74, 6) is 0.0529. The van der Waals surface area contributed by atoms with Gasteiger partial charge >= 0.3 is 0 Å². The van der Waals surface area contributed by atoms with Crippen LogP contribution in [-0.4, -0.2) is 35.7 Å². The summed E-state index contributed by atoms with van der Waals surface area (Å²) in [6, 6.07) is 0.658. The first-order valence-electron chi connectivity index (χ1n) is 6.90. The van der Waals surface area contributed by atoms with Gasteiger partial charge in [0.25, 0.3) is 0 Å². The van der Waals surface area contributed by atoms with Crippen LogP contribution in [0, 0.1) is 0 Å². The summed E-state index contributed by atoms with van der Waals surface area (Å²) in [6.07, 6.45) is 8.04. The van der Waals surface area contributed by atoms with Gasteiger partial charge in [-0.1, -0.05) is 19.3 Å². The Bertz CT molecular complexity index is 258. The second-order valence-electron chi connectivity index (χ2n) is 5.54. The number of carbonyl (C=O) groups is 1. The molecule has 0 aromatic carbocycles. The molecule has 0 atom stereocenters. The van der Waals surface area contributed by atoms with Crippen LogP contribution in [0.3, 0.4) is 0 Å². The fourth-order valence-corrected chi connectivity index (χ4v) is 2.42. The zero-order valence-corrected chi connectivity index (χ0v) is 10.5. The van der Waals surface area contributed by atoms with Crippen molar-refractivity contribution < 1.29 is 9.90 Å². The van der Waals surface area contributed by atoms with Crippen LogP contribution in [-0.2, 0) is 4.79 Å². The van der Waals surface area contributed by atoms with Crippen LogP contribution >= 0.6 is 0 Å². The minimum atomic E-state index is -0.641. The van der Waals surface area contributed by atoms with Gasteiger partial charge in [-0.15, -0.1) is 0 Å². The topological polar surface area (TPSA) is 61.4 Å². The molecule has 0 saturated heterocycles. The number of hydrogen-bond acceptors (Lipinski definition) is 3. The molecule has 0 radical (unpaired) electrons. The molecule has 0 aliphatic heterocycles. The molecule has 2 aliphatic rings. The summed E-state index contributed by atoms with van der Waals surface area (Å²) < 4.78 is 0. The lowest BCUT2D eigenvalue weighted by atomic mass is 9.85. The second-order valence-corrected chi connectivity index (χ2v) is 5.54. The summed E-state index contributed by atoms with van der Waals surface area (Å²) in [7, 11) is 0. The Morgan fingerprint density at radius 3 is 2.59 bits per heavy atom. The van der Waals surface area contributed by atoms with Gasteiger partial charge in [0.2, 0.25) is 5.91 Å². The van der Waals surface area contributed by atoms with Crippen molar-refractivity contribution in [2.24, 2.45) is 0 Å². The third-order valence-corrected chi connectivity index (χ3v) is 3.76. The maximum atomic E-state index is 11.6. The lowest BCUT2D eigenvalue weighted by Gasteiger charge is -2.32. The quantitative estimate of drug-likeness (QED) is 0.647. The Morgan fingerprint density at radius 2 is 1.94 bits per heavy atom. The van der Waals surface area contributed by atoms with Gasteiger partial charge in [0, 0.05) is 25.6 Å². The largest absolute Gasteiger partial charge is 0.388 e. The first-order valence-corrected chi connectivity index (χ1v) is 6.90. The highest BCUT2D eigenvalue weighted by Crippen LogP contribution is 2.27. The van der Waals surface area contributed by atoms with Crippen LogP contribution in [0.1, 0.15) is 51.4 Å². The van der Waals surface area contributed by atoms with Crippen molar-refractivity contribution in [1.29, 1.82) is 0 Å². The summed E-state index contributed by atoms with van der Waals surface area (Å²) >= 11 is 0. The van der Waals surface area contributed by atoms with E-state index in [-0.39, 0.29) is 5.91 Å². The Hall–Kier alpha value is -0.610. The van der Waals surface area contributed by atoms with E-state index < -0.39 is 5.60 Å². The molecule has 0 unspecified atom stereocenters. The minimum absolute atomic E-state index is 0.0529. The van der Waals surface area contributed by atoms with E-state index in [1.165, 1.54) is 19.3 Å². The highest BCUT2D eigenvalue weighted by atomic mass is 16.3. The van der Waals surface area contributed by atoms with E-state index in [1.807, 2.05) is 0 Å². The average molecular weight is 240 g/mol. The van der Waals surface area contributed by atoms with Gasteiger partial charge in [0.05, 0.1) is 5.60 Å². The van der Waals surface area contributed by atoms with Crippen molar-refractivity contribution in [1.82, 2.24) is 10.6 Å². The van der Waals surface area contributed by atoms with Crippen molar-refractivity contribution in [3.63, 3.8) is 0 Å². The second kappa shape index (κ2) is 5.83. The lowest BCUT2D eigenvalue weighted by Crippen LogP contribution is -2.44. The normalized spacial score (nSPS) is 23.4. The van der Waals surface area contributed by atoms with Crippen molar-refractivity contribution in [2.45, 2.75) is 63.0 Å². The Morgan fingerprint density at radius 1 is 1.24 bits per heavy atom. The molecule has 0 heterocycles. The smallest absolute Gasteiger partial charge is 0.221 e. The summed E-state index contributed by atoms with van der Waals surface area (Å²) in [4.78, 5) is 11.6.